The molecule has 0 amide bonds. The number of nitrogens with one attached hydrogen (secondary N) is 1. The maximum absolute atomic E-state index is 5.93. The van der Waals surface area contributed by atoms with E-state index in [-0.39, 0.29) is 6.04 Å². The number of thiazole rings is 1. The molecule has 0 spiro atoms. The van der Waals surface area contributed by atoms with E-state index in [1.165, 1.54) is 0 Å². The van der Waals surface area contributed by atoms with Crippen molar-refractivity contribution in [3.8, 4) is 10.7 Å². The van der Waals surface area contributed by atoms with Crippen molar-refractivity contribution in [3.63, 3.8) is 0 Å². The fraction of sp³-hybridized carbons (Fsp3) is 0.389. The van der Waals surface area contributed by atoms with Gasteiger partial charge < -0.3 is 15.8 Å². The topological polar surface area (TPSA) is 112 Å². The van der Waals surface area contributed by atoms with E-state index >= 15 is 0 Å². The molecule has 1 fully saturated rings. The molecule has 1 aliphatic carbocycles. The standard InChI is InChI=1S/C18H21N7OS/c1-26-9-17-24-14(11-4-12(19)5-11)6-16(25-17)22-7-13-10-27-18(23-13)15-8-20-2-3-21-15/h2-3,6,8,10-12H,4-5,7,9,19H2,1H3,(H,22,24,25). The lowest BCUT2D eigenvalue weighted by Gasteiger charge is -2.32. The average molecular weight is 383 g/mol. The lowest BCUT2D eigenvalue weighted by molar-refractivity contribution is 0.177. The number of nitrogens with zero attached hydrogens (tertiary/aromatic N) is 5. The number of aromatic nitrogens is 5. The summed E-state index contributed by atoms with van der Waals surface area (Å²) in [6, 6.07) is 2.29. The smallest absolute Gasteiger partial charge is 0.156 e. The Balaban J connectivity index is 1.46. The fourth-order valence-electron chi connectivity index (χ4n) is 3.01. The van der Waals surface area contributed by atoms with Gasteiger partial charge in [0.25, 0.3) is 0 Å². The summed E-state index contributed by atoms with van der Waals surface area (Å²) in [5.74, 6) is 1.86. The molecule has 3 aromatic heterocycles. The highest BCUT2D eigenvalue weighted by atomic mass is 32.1. The van der Waals surface area contributed by atoms with E-state index in [1.807, 2.05) is 11.4 Å². The van der Waals surface area contributed by atoms with Gasteiger partial charge in [0, 0.05) is 48.6 Å². The molecule has 0 radical (unpaired) electrons. The molecule has 8 nitrogen and oxygen atoms in total. The summed E-state index contributed by atoms with van der Waals surface area (Å²) in [7, 11) is 1.64. The quantitative estimate of drug-likeness (QED) is 0.639. The fourth-order valence-corrected chi connectivity index (χ4v) is 3.79. The Kier molecular flexibility index (Phi) is 5.33. The third-order valence-corrected chi connectivity index (χ3v) is 5.36. The van der Waals surface area contributed by atoms with E-state index in [1.54, 1.807) is 37.0 Å². The second-order valence-electron chi connectivity index (χ2n) is 6.54. The van der Waals surface area contributed by atoms with Crippen LogP contribution in [0.25, 0.3) is 10.7 Å². The molecule has 1 aliphatic rings. The lowest BCUT2D eigenvalue weighted by Crippen LogP contribution is -2.35. The largest absolute Gasteiger partial charge is 0.377 e. The zero-order chi connectivity index (χ0) is 18.6. The van der Waals surface area contributed by atoms with E-state index < -0.39 is 0 Å². The Labute approximate surface area is 161 Å². The van der Waals surface area contributed by atoms with Gasteiger partial charge in [-0.15, -0.1) is 11.3 Å². The van der Waals surface area contributed by atoms with E-state index in [0.717, 1.165) is 40.7 Å². The summed E-state index contributed by atoms with van der Waals surface area (Å²) in [6.07, 6.45) is 6.97. The molecule has 4 rings (SSSR count). The summed E-state index contributed by atoms with van der Waals surface area (Å²) >= 11 is 1.55. The highest BCUT2D eigenvalue weighted by Crippen LogP contribution is 2.35. The van der Waals surface area contributed by atoms with Gasteiger partial charge in [0.05, 0.1) is 18.4 Å². The summed E-state index contributed by atoms with van der Waals surface area (Å²) < 4.78 is 5.20. The first-order valence-electron chi connectivity index (χ1n) is 8.78. The summed E-state index contributed by atoms with van der Waals surface area (Å²) in [6.45, 7) is 0.957. The number of hydrogen-bond acceptors (Lipinski definition) is 9. The maximum Gasteiger partial charge on any atom is 0.156 e. The predicted molar refractivity (Wildman–Crippen MR) is 103 cm³/mol. The van der Waals surface area contributed by atoms with E-state index in [2.05, 4.69) is 30.2 Å². The number of nitrogens with two attached hydrogens (primary N) is 1. The van der Waals surface area contributed by atoms with Crippen LogP contribution < -0.4 is 11.1 Å². The SMILES string of the molecule is COCc1nc(NCc2csc(-c3cnccn3)n2)cc(C2CC(N)C2)n1. The molecule has 3 heterocycles. The summed E-state index contributed by atoms with van der Waals surface area (Å²) in [5, 5.41) is 6.22. The van der Waals surface area contributed by atoms with Crippen molar-refractivity contribution in [3.05, 3.63) is 47.2 Å². The predicted octanol–water partition coefficient (Wildman–Crippen LogP) is 2.35. The highest BCUT2D eigenvalue weighted by molar-refractivity contribution is 7.13. The highest BCUT2D eigenvalue weighted by Gasteiger charge is 2.29. The van der Waals surface area contributed by atoms with Crippen LogP contribution >= 0.6 is 11.3 Å². The van der Waals surface area contributed by atoms with Gasteiger partial charge in [0.15, 0.2) is 5.82 Å². The molecular weight excluding hydrogens is 362 g/mol. The van der Waals surface area contributed by atoms with Crippen molar-refractivity contribution in [2.45, 2.75) is 38.0 Å². The molecule has 9 heteroatoms. The number of ether oxygens (including phenoxy) is 1. The van der Waals surface area contributed by atoms with Crippen LogP contribution in [0.3, 0.4) is 0 Å². The Bertz CT molecular complexity index is 896. The molecule has 0 aliphatic heterocycles. The summed E-state index contributed by atoms with van der Waals surface area (Å²) in [4.78, 5) is 22.1. The first kappa shape index (κ1) is 17.9. The minimum absolute atomic E-state index is 0.279. The van der Waals surface area contributed by atoms with Crippen molar-refractivity contribution >= 4 is 17.2 Å². The summed E-state index contributed by atoms with van der Waals surface area (Å²) in [5.41, 5.74) is 8.66. The monoisotopic (exact) mass is 383 g/mol. The minimum Gasteiger partial charge on any atom is -0.377 e. The molecule has 0 saturated heterocycles. The van der Waals surface area contributed by atoms with Gasteiger partial charge in [-0.2, -0.15) is 0 Å². The van der Waals surface area contributed by atoms with Crippen LogP contribution in [-0.2, 0) is 17.9 Å². The van der Waals surface area contributed by atoms with Gasteiger partial charge in [0.1, 0.15) is 23.1 Å². The van der Waals surface area contributed by atoms with Crippen molar-refractivity contribution in [1.82, 2.24) is 24.9 Å². The molecule has 3 aromatic rings. The van der Waals surface area contributed by atoms with E-state index in [9.17, 15) is 0 Å². The van der Waals surface area contributed by atoms with Gasteiger partial charge in [-0.3, -0.25) is 9.97 Å². The first-order chi connectivity index (χ1) is 13.2. The zero-order valence-corrected chi connectivity index (χ0v) is 15.8. The number of hydrogen-bond donors (Lipinski definition) is 2. The molecule has 140 valence electrons. The zero-order valence-electron chi connectivity index (χ0n) is 15.0. The van der Waals surface area contributed by atoms with Crippen molar-refractivity contribution in [1.29, 1.82) is 0 Å². The number of methoxy groups -OCH3 is 1. The minimum atomic E-state index is 0.279. The molecule has 3 N–H and O–H groups in total. The number of rotatable bonds is 7. The Morgan fingerprint density at radius 1 is 1.26 bits per heavy atom. The van der Waals surface area contributed by atoms with Gasteiger partial charge in [-0.25, -0.2) is 15.0 Å². The Hall–Kier alpha value is -2.49. The molecular formula is C18H21N7OS. The maximum atomic E-state index is 5.93. The van der Waals surface area contributed by atoms with Crippen LogP contribution in [0, 0.1) is 0 Å². The van der Waals surface area contributed by atoms with Crippen LogP contribution in [0.1, 0.15) is 36.0 Å². The Morgan fingerprint density at radius 2 is 2.15 bits per heavy atom. The third-order valence-electron chi connectivity index (χ3n) is 4.44. The molecule has 27 heavy (non-hydrogen) atoms. The molecule has 0 bridgehead atoms. The van der Waals surface area contributed by atoms with Crippen LogP contribution in [0.15, 0.2) is 30.0 Å². The molecule has 0 aromatic carbocycles. The Morgan fingerprint density at radius 3 is 2.89 bits per heavy atom. The van der Waals surface area contributed by atoms with Crippen molar-refractivity contribution in [2.75, 3.05) is 12.4 Å². The van der Waals surface area contributed by atoms with E-state index in [0.29, 0.717) is 24.9 Å². The normalized spacial score (nSPS) is 18.9. The van der Waals surface area contributed by atoms with Crippen LogP contribution in [-0.4, -0.2) is 38.1 Å². The second kappa shape index (κ2) is 8.03. The number of anilines is 1. The second-order valence-corrected chi connectivity index (χ2v) is 7.40. The first-order valence-corrected chi connectivity index (χ1v) is 9.66. The van der Waals surface area contributed by atoms with Gasteiger partial charge in [-0.1, -0.05) is 0 Å². The van der Waals surface area contributed by atoms with Crippen LogP contribution in [0.4, 0.5) is 5.82 Å². The molecule has 0 unspecified atom stereocenters. The van der Waals surface area contributed by atoms with Crippen LogP contribution in [0.5, 0.6) is 0 Å². The van der Waals surface area contributed by atoms with Gasteiger partial charge in [-0.05, 0) is 12.8 Å². The van der Waals surface area contributed by atoms with Gasteiger partial charge >= 0.3 is 0 Å². The molecule has 0 atom stereocenters. The van der Waals surface area contributed by atoms with E-state index in [4.69, 9.17) is 10.5 Å². The van der Waals surface area contributed by atoms with Crippen molar-refractivity contribution < 1.29 is 4.74 Å². The lowest BCUT2D eigenvalue weighted by atomic mass is 9.78. The van der Waals surface area contributed by atoms with Crippen LogP contribution in [0.2, 0.25) is 0 Å². The molecule has 1 saturated carbocycles. The third kappa shape index (κ3) is 4.26. The van der Waals surface area contributed by atoms with Crippen molar-refractivity contribution in [2.24, 2.45) is 5.73 Å². The average Bonchev–Trinajstić information content (AvgIpc) is 3.14. The van der Waals surface area contributed by atoms with Gasteiger partial charge in [0.2, 0.25) is 0 Å².